The second-order valence-corrected chi connectivity index (χ2v) is 8.03. The van der Waals surface area contributed by atoms with E-state index in [1.54, 1.807) is 6.20 Å². The SMILES string of the molecule is C#Cc1cnc(NCCC2C=Cc3ncccc32)nc1N[C@@H]1C[C@H](O)C1(C)C. The van der Waals surface area contributed by atoms with E-state index in [1.807, 2.05) is 26.1 Å². The maximum atomic E-state index is 9.96. The molecule has 144 valence electrons. The Morgan fingerprint density at radius 2 is 2.21 bits per heavy atom. The van der Waals surface area contributed by atoms with Crippen LogP contribution in [-0.2, 0) is 0 Å². The van der Waals surface area contributed by atoms with E-state index < -0.39 is 0 Å². The summed E-state index contributed by atoms with van der Waals surface area (Å²) < 4.78 is 0. The van der Waals surface area contributed by atoms with Crippen molar-refractivity contribution in [3.8, 4) is 12.3 Å². The topological polar surface area (TPSA) is 83.0 Å². The van der Waals surface area contributed by atoms with E-state index in [-0.39, 0.29) is 17.6 Å². The van der Waals surface area contributed by atoms with E-state index in [4.69, 9.17) is 6.42 Å². The second-order valence-electron chi connectivity index (χ2n) is 8.03. The average Bonchev–Trinajstić information content (AvgIpc) is 3.11. The van der Waals surface area contributed by atoms with Crippen LogP contribution in [0.4, 0.5) is 11.8 Å². The summed E-state index contributed by atoms with van der Waals surface area (Å²) in [5.41, 5.74) is 2.74. The van der Waals surface area contributed by atoms with Gasteiger partial charge in [-0.3, -0.25) is 4.98 Å². The minimum atomic E-state index is -0.310. The highest BCUT2D eigenvalue weighted by molar-refractivity contribution is 5.59. The summed E-state index contributed by atoms with van der Waals surface area (Å²) >= 11 is 0. The third-order valence-corrected chi connectivity index (χ3v) is 5.97. The lowest BCUT2D eigenvalue weighted by molar-refractivity contribution is -0.0511. The van der Waals surface area contributed by atoms with Crippen molar-refractivity contribution in [2.24, 2.45) is 5.41 Å². The van der Waals surface area contributed by atoms with Crippen molar-refractivity contribution in [1.29, 1.82) is 0 Å². The number of fused-ring (bicyclic) bond motifs is 1. The summed E-state index contributed by atoms with van der Waals surface area (Å²) in [6, 6.07) is 4.23. The summed E-state index contributed by atoms with van der Waals surface area (Å²) in [6.07, 6.45) is 14.7. The van der Waals surface area contributed by atoms with Crippen LogP contribution in [0.1, 0.15) is 49.4 Å². The highest BCUT2D eigenvalue weighted by Crippen LogP contribution is 2.42. The molecule has 1 unspecified atom stereocenters. The molecule has 0 bridgehead atoms. The third kappa shape index (κ3) is 3.34. The largest absolute Gasteiger partial charge is 0.392 e. The van der Waals surface area contributed by atoms with E-state index in [2.05, 4.69) is 49.7 Å². The number of nitrogens with zero attached hydrogens (tertiary/aromatic N) is 3. The van der Waals surface area contributed by atoms with E-state index in [1.165, 1.54) is 5.56 Å². The molecule has 1 saturated carbocycles. The predicted molar refractivity (Wildman–Crippen MR) is 111 cm³/mol. The maximum absolute atomic E-state index is 9.96. The highest BCUT2D eigenvalue weighted by atomic mass is 16.3. The highest BCUT2D eigenvalue weighted by Gasteiger charge is 2.47. The van der Waals surface area contributed by atoms with Gasteiger partial charge in [-0.1, -0.05) is 31.9 Å². The van der Waals surface area contributed by atoms with Gasteiger partial charge >= 0.3 is 0 Å². The van der Waals surface area contributed by atoms with E-state index in [9.17, 15) is 5.11 Å². The van der Waals surface area contributed by atoms with Gasteiger partial charge in [0.05, 0.1) is 23.6 Å². The Morgan fingerprint density at radius 1 is 1.36 bits per heavy atom. The van der Waals surface area contributed by atoms with Crippen molar-refractivity contribution in [2.75, 3.05) is 17.2 Å². The van der Waals surface area contributed by atoms with Crippen molar-refractivity contribution in [3.05, 3.63) is 47.4 Å². The van der Waals surface area contributed by atoms with Gasteiger partial charge in [-0.25, -0.2) is 4.98 Å². The van der Waals surface area contributed by atoms with Gasteiger partial charge in [0.15, 0.2) is 0 Å². The van der Waals surface area contributed by atoms with Crippen molar-refractivity contribution in [1.82, 2.24) is 15.0 Å². The molecule has 0 aliphatic heterocycles. The van der Waals surface area contributed by atoms with Crippen molar-refractivity contribution >= 4 is 17.8 Å². The van der Waals surface area contributed by atoms with Crippen LogP contribution >= 0.6 is 0 Å². The molecule has 0 saturated heterocycles. The molecular weight excluding hydrogens is 350 g/mol. The van der Waals surface area contributed by atoms with Crippen LogP contribution in [0.5, 0.6) is 0 Å². The van der Waals surface area contributed by atoms with Gasteiger partial charge < -0.3 is 15.7 Å². The quantitative estimate of drug-likeness (QED) is 0.673. The van der Waals surface area contributed by atoms with Gasteiger partial charge in [0.2, 0.25) is 5.95 Å². The molecule has 0 amide bonds. The van der Waals surface area contributed by atoms with Crippen LogP contribution < -0.4 is 10.6 Å². The first kappa shape index (κ1) is 18.5. The molecule has 2 aliphatic carbocycles. The van der Waals surface area contributed by atoms with Crippen molar-refractivity contribution in [3.63, 3.8) is 0 Å². The summed E-state index contributed by atoms with van der Waals surface area (Å²) in [7, 11) is 0. The van der Waals surface area contributed by atoms with Crippen LogP contribution in [0, 0.1) is 17.8 Å². The van der Waals surface area contributed by atoms with Crippen LogP contribution in [-0.4, -0.2) is 38.7 Å². The van der Waals surface area contributed by atoms with E-state index in [0.717, 1.165) is 18.7 Å². The smallest absolute Gasteiger partial charge is 0.224 e. The molecule has 0 radical (unpaired) electrons. The van der Waals surface area contributed by atoms with Crippen LogP contribution in [0.3, 0.4) is 0 Å². The number of allylic oxidation sites excluding steroid dienone is 1. The fourth-order valence-electron chi connectivity index (χ4n) is 3.78. The number of pyridine rings is 1. The third-order valence-electron chi connectivity index (χ3n) is 5.97. The molecule has 0 aromatic carbocycles. The molecule has 3 N–H and O–H groups in total. The molecule has 3 atom stereocenters. The Morgan fingerprint density at radius 3 is 2.96 bits per heavy atom. The zero-order valence-electron chi connectivity index (χ0n) is 16.2. The van der Waals surface area contributed by atoms with Gasteiger partial charge in [0.1, 0.15) is 5.82 Å². The Bertz CT molecular complexity index is 946. The first-order valence-corrected chi connectivity index (χ1v) is 9.64. The van der Waals surface area contributed by atoms with E-state index in [0.29, 0.717) is 29.7 Å². The lowest BCUT2D eigenvalue weighted by Crippen LogP contribution is -2.57. The lowest BCUT2D eigenvalue weighted by atomic mass is 9.64. The number of aliphatic hydroxyl groups excluding tert-OH is 1. The van der Waals surface area contributed by atoms with Crippen LogP contribution in [0.15, 0.2) is 30.6 Å². The molecule has 2 heterocycles. The van der Waals surface area contributed by atoms with Gasteiger partial charge in [-0.2, -0.15) is 4.98 Å². The van der Waals surface area contributed by atoms with E-state index >= 15 is 0 Å². The van der Waals surface area contributed by atoms with Gasteiger partial charge in [0.25, 0.3) is 0 Å². The number of aromatic nitrogens is 3. The van der Waals surface area contributed by atoms with Crippen molar-refractivity contribution in [2.45, 2.75) is 44.8 Å². The normalized spacial score (nSPS) is 24.1. The molecule has 2 aliphatic rings. The minimum Gasteiger partial charge on any atom is -0.392 e. The number of aliphatic hydroxyl groups is 1. The van der Waals surface area contributed by atoms with Crippen molar-refractivity contribution < 1.29 is 5.11 Å². The predicted octanol–water partition coefficient (Wildman–Crippen LogP) is 3.04. The second kappa shape index (κ2) is 7.25. The molecule has 6 nitrogen and oxygen atoms in total. The molecule has 2 aromatic rings. The zero-order chi connectivity index (χ0) is 19.7. The number of nitrogens with one attached hydrogen (secondary N) is 2. The Hall–Kier alpha value is -2.91. The first-order valence-electron chi connectivity index (χ1n) is 9.64. The summed E-state index contributed by atoms with van der Waals surface area (Å²) in [5, 5.41) is 16.6. The molecular formula is C22H25N5O. The molecule has 6 heteroatoms. The Balaban J connectivity index is 1.39. The van der Waals surface area contributed by atoms with Gasteiger partial charge in [0, 0.05) is 30.1 Å². The lowest BCUT2D eigenvalue weighted by Gasteiger charge is -2.49. The minimum absolute atomic E-state index is 0.130. The van der Waals surface area contributed by atoms with Crippen LogP contribution in [0.2, 0.25) is 0 Å². The molecule has 2 aromatic heterocycles. The van der Waals surface area contributed by atoms with Gasteiger partial charge in [-0.05, 0) is 30.5 Å². The molecule has 28 heavy (non-hydrogen) atoms. The molecule has 4 rings (SSSR count). The summed E-state index contributed by atoms with van der Waals surface area (Å²) in [4.78, 5) is 13.3. The standard InChI is InChI=1S/C22H25N5O/c1-4-14-13-25-21(27-20(14)26-18-12-19(28)22(18,2)3)24-11-9-15-7-8-17-16(15)6-5-10-23-17/h1,5-8,10,13,15,18-19,28H,9,11-12H2,2-3H3,(H2,24,25,26,27)/t15?,18-,19+/m1/s1. The molecule has 1 fully saturated rings. The summed E-state index contributed by atoms with van der Waals surface area (Å²) in [6.45, 7) is 4.82. The number of rotatable bonds is 6. The number of hydrogen-bond acceptors (Lipinski definition) is 6. The average molecular weight is 375 g/mol. The first-order chi connectivity index (χ1) is 13.5. The van der Waals surface area contributed by atoms with Gasteiger partial charge in [-0.15, -0.1) is 6.42 Å². The fourth-order valence-corrected chi connectivity index (χ4v) is 3.78. The Kier molecular flexibility index (Phi) is 4.78. The number of hydrogen-bond donors (Lipinski definition) is 3. The number of anilines is 2. The number of terminal acetylenes is 1. The summed E-state index contributed by atoms with van der Waals surface area (Å²) in [5.74, 6) is 4.18. The molecule has 0 spiro atoms. The fraction of sp³-hybridized carbons (Fsp3) is 0.409. The monoisotopic (exact) mass is 375 g/mol. The zero-order valence-corrected chi connectivity index (χ0v) is 16.2. The van der Waals surface area contributed by atoms with Crippen LogP contribution in [0.25, 0.3) is 6.08 Å². The Labute approximate surface area is 165 Å². The maximum Gasteiger partial charge on any atom is 0.224 e.